The van der Waals surface area contributed by atoms with Crippen LogP contribution in [0.3, 0.4) is 0 Å². The van der Waals surface area contributed by atoms with Gasteiger partial charge < -0.3 is 14.8 Å². The monoisotopic (exact) mass is 469 g/mol. The highest BCUT2D eigenvalue weighted by molar-refractivity contribution is 6.31. The maximum atomic E-state index is 13.3. The SMILES string of the molecule is C[C@H](CC(=O)O)CC(=O)c1c(C(O)CCCCCc2ccccc2)n(C)c2ccc(Cl)cc12. The van der Waals surface area contributed by atoms with Gasteiger partial charge in [0.05, 0.1) is 11.8 Å². The summed E-state index contributed by atoms with van der Waals surface area (Å²) < 4.78 is 1.87. The third-order valence-corrected chi connectivity index (χ3v) is 6.38. The summed E-state index contributed by atoms with van der Waals surface area (Å²) >= 11 is 6.22. The molecule has 0 radical (unpaired) electrons. The number of aliphatic hydroxyl groups excluding tert-OH is 1. The van der Waals surface area contributed by atoms with Gasteiger partial charge in [-0.15, -0.1) is 0 Å². The number of aliphatic carboxylic acids is 1. The second-order valence-electron chi connectivity index (χ2n) is 8.91. The van der Waals surface area contributed by atoms with Crippen LogP contribution in [-0.2, 0) is 18.3 Å². The van der Waals surface area contributed by atoms with Crippen molar-refractivity contribution in [2.24, 2.45) is 13.0 Å². The van der Waals surface area contributed by atoms with Gasteiger partial charge in [0.1, 0.15) is 0 Å². The number of carbonyl (C=O) groups is 2. The smallest absolute Gasteiger partial charge is 0.303 e. The number of benzene rings is 2. The molecule has 0 saturated carbocycles. The van der Waals surface area contributed by atoms with Crippen LogP contribution in [0.2, 0.25) is 5.02 Å². The average Bonchev–Trinajstić information content (AvgIpc) is 3.05. The van der Waals surface area contributed by atoms with Crippen LogP contribution in [0.4, 0.5) is 0 Å². The van der Waals surface area contributed by atoms with Crippen LogP contribution in [0, 0.1) is 5.92 Å². The first-order chi connectivity index (χ1) is 15.8. The van der Waals surface area contributed by atoms with Crippen LogP contribution in [-0.4, -0.2) is 26.5 Å². The van der Waals surface area contributed by atoms with E-state index in [1.54, 1.807) is 19.1 Å². The fourth-order valence-corrected chi connectivity index (χ4v) is 4.71. The van der Waals surface area contributed by atoms with Crippen molar-refractivity contribution < 1.29 is 19.8 Å². The highest BCUT2D eigenvalue weighted by Gasteiger charge is 2.27. The summed E-state index contributed by atoms with van der Waals surface area (Å²) in [6.07, 6.45) is 3.68. The standard InChI is InChI=1S/C27H32ClNO4/c1-18(16-25(32)33)15-24(31)26-21-17-20(28)13-14-22(21)29(2)27(26)23(30)12-8-4-7-11-19-9-5-3-6-10-19/h3,5-6,9-10,13-14,17-18,23,30H,4,7-8,11-12,15-16H2,1-2H3,(H,32,33)/t18-,23?/m0/s1. The molecule has 2 N–H and O–H groups in total. The van der Waals surface area contributed by atoms with Gasteiger partial charge in [-0.3, -0.25) is 9.59 Å². The lowest BCUT2D eigenvalue weighted by atomic mass is 9.93. The number of Topliss-reactive ketones (excluding diaryl/α,β-unsaturated/α-hetero) is 1. The molecule has 0 spiro atoms. The fourth-order valence-electron chi connectivity index (χ4n) is 4.53. The maximum Gasteiger partial charge on any atom is 0.303 e. The van der Waals surface area contributed by atoms with E-state index in [1.165, 1.54) is 5.56 Å². The molecule has 0 amide bonds. The molecule has 0 fully saturated rings. The van der Waals surface area contributed by atoms with E-state index >= 15 is 0 Å². The van der Waals surface area contributed by atoms with Gasteiger partial charge in [0, 0.05) is 41.4 Å². The number of carboxylic acid groups (broad SMARTS) is 1. The molecule has 2 atom stereocenters. The lowest BCUT2D eigenvalue weighted by molar-refractivity contribution is -0.137. The minimum absolute atomic E-state index is 0.0729. The van der Waals surface area contributed by atoms with Crippen LogP contribution in [0.25, 0.3) is 10.9 Å². The molecule has 176 valence electrons. The van der Waals surface area contributed by atoms with Gasteiger partial charge >= 0.3 is 5.97 Å². The average molecular weight is 470 g/mol. The summed E-state index contributed by atoms with van der Waals surface area (Å²) in [5.74, 6) is -1.38. The van der Waals surface area contributed by atoms with Gasteiger partial charge in [0.25, 0.3) is 0 Å². The van der Waals surface area contributed by atoms with E-state index in [1.807, 2.05) is 35.9 Å². The summed E-state index contributed by atoms with van der Waals surface area (Å²) in [5.41, 5.74) is 3.19. The second-order valence-corrected chi connectivity index (χ2v) is 9.35. The van der Waals surface area contributed by atoms with E-state index in [9.17, 15) is 14.7 Å². The molecule has 0 aliphatic carbocycles. The number of aromatic nitrogens is 1. The highest BCUT2D eigenvalue weighted by Crippen LogP contribution is 2.35. The van der Waals surface area contributed by atoms with Crippen LogP contribution in [0.5, 0.6) is 0 Å². The first-order valence-electron chi connectivity index (χ1n) is 11.5. The number of nitrogens with zero attached hydrogens (tertiary/aromatic N) is 1. The number of fused-ring (bicyclic) bond motifs is 1. The van der Waals surface area contributed by atoms with E-state index in [0.29, 0.717) is 28.1 Å². The number of unbranched alkanes of at least 4 members (excludes halogenated alkanes) is 2. The minimum Gasteiger partial charge on any atom is -0.481 e. The molecule has 2 aromatic carbocycles. The van der Waals surface area contributed by atoms with Crippen molar-refractivity contribution in [2.45, 2.75) is 58.0 Å². The fraction of sp³-hybridized carbons (Fsp3) is 0.407. The summed E-state index contributed by atoms with van der Waals surface area (Å²) in [7, 11) is 1.85. The van der Waals surface area contributed by atoms with Crippen LogP contribution < -0.4 is 0 Å². The zero-order chi connectivity index (χ0) is 24.0. The van der Waals surface area contributed by atoms with Gasteiger partial charge in [-0.1, -0.05) is 61.7 Å². The second kappa shape index (κ2) is 11.5. The van der Waals surface area contributed by atoms with Gasteiger partial charge in [0.2, 0.25) is 0 Å². The molecule has 1 aromatic heterocycles. The van der Waals surface area contributed by atoms with E-state index in [0.717, 1.165) is 31.2 Å². The first-order valence-corrected chi connectivity index (χ1v) is 11.9. The number of aliphatic hydroxyl groups is 1. The molecule has 5 nitrogen and oxygen atoms in total. The molecular weight excluding hydrogens is 438 g/mol. The molecule has 1 unspecified atom stereocenters. The molecule has 3 rings (SSSR count). The van der Waals surface area contributed by atoms with Crippen molar-refractivity contribution in [3.8, 4) is 0 Å². The minimum atomic E-state index is -0.924. The Labute approximate surface area is 200 Å². The Kier molecular flexibility index (Phi) is 8.70. The quantitative estimate of drug-likeness (QED) is 0.239. The summed E-state index contributed by atoms with van der Waals surface area (Å²) in [4.78, 5) is 24.3. The number of aryl methyl sites for hydroxylation is 2. The number of rotatable bonds is 12. The van der Waals surface area contributed by atoms with Crippen molar-refractivity contribution in [2.75, 3.05) is 0 Å². The van der Waals surface area contributed by atoms with Crippen molar-refractivity contribution in [3.63, 3.8) is 0 Å². The molecule has 1 heterocycles. The Hall–Kier alpha value is -2.63. The molecule has 3 aromatic rings. The van der Waals surface area contributed by atoms with E-state index in [2.05, 4.69) is 12.1 Å². The number of halogens is 1. The number of carbonyl (C=O) groups excluding carboxylic acids is 1. The number of carboxylic acids is 1. The maximum absolute atomic E-state index is 13.3. The van der Waals surface area contributed by atoms with Gasteiger partial charge in [-0.05, 0) is 48.9 Å². The Morgan fingerprint density at radius 1 is 1.03 bits per heavy atom. The lowest BCUT2D eigenvalue weighted by Gasteiger charge is -2.16. The lowest BCUT2D eigenvalue weighted by Crippen LogP contribution is -2.14. The largest absolute Gasteiger partial charge is 0.481 e. The summed E-state index contributed by atoms with van der Waals surface area (Å²) in [5, 5.41) is 21.4. The van der Waals surface area contributed by atoms with E-state index in [-0.39, 0.29) is 24.5 Å². The zero-order valence-electron chi connectivity index (χ0n) is 19.3. The Balaban J connectivity index is 1.76. The number of ketones is 1. The van der Waals surface area contributed by atoms with Gasteiger partial charge in [0.15, 0.2) is 5.78 Å². The van der Waals surface area contributed by atoms with E-state index in [4.69, 9.17) is 16.7 Å². The Bertz CT molecular complexity index is 1110. The predicted molar refractivity (Wildman–Crippen MR) is 132 cm³/mol. The summed E-state index contributed by atoms with van der Waals surface area (Å²) in [6, 6.07) is 15.7. The van der Waals surface area contributed by atoms with Crippen LogP contribution in [0.15, 0.2) is 48.5 Å². The molecule has 33 heavy (non-hydrogen) atoms. The van der Waals surface area contributed by atoms with Gasteiger partial charge in [-0.25, -0.2) is 0 Å². The molecule has 6 heteroatoms. The Morgan fingerprint density at radius 3 is 2.45 bits per heavy atom. The number of hydrogen-bond acceptors (Lipinski definition) is 3. The zero-order valence-corrected chi connectivity index (χ0v) is 20.0. The molecule has 0 saturated heterocycles. The van der Waals surface area contributed by atoms with Crippen LogP contribution >= 0.6 is 11.6 Å². The van der Waals surface area contributed by atoms with Crippen molar-refractivity contribution in [1.29, 1.82) is 0 Å². The molecular formula is C27H32ClNO4. The van der Waals surface area contributed by atoms with E-state index < -0.39 is 12.1 Å². The summed E-state index contributed by atoms with van der Waals surface area (Å²) in [6.45, 7) is 1.76. The van der Waals surface area contributed by atoms with Crippen LogP contribution in [0.1, 0.15) is 73.2 Å². The first kappa shape index (κ1) is 25.0. The topological polar surface area (TPSA) is 79.5 Å². The van der Waals surface area contributed by atoms with Crippen molar-refractivity contribution in [1.82, 2.24) is 4.57 Å². The normalized spacial score (nSPS) is 13.2. The third-order valence-electron chi connectivity index (χ3n) is 6.14. The Morgan fingerprint density at radius 2 is 1.76 bits per heavy atom. The third kappa shape index (κ3) is 6.46. The highest BCUT2D eigenvalue weighted by atomic mass is 35.5. The predicted octanol–water partition coefficient (Wildman–Crippen LogP) is 6.35. The van der Waals surface area contributed by atoms with Gasteiger partial charge in [-0.2, -0.15) is 0 Å². The molecule has 0 bridgehead atoms. The number of hydrogen-bond donors (Lipinski definition) is 2. The molecule has 0 aliphatic rings. The molecule has 0 aliphatic heterocycles. The van der Waals surface area contributed by atoms with Crippen molar-refractivity contribution in [3.05, 3.63) is 70.4 Å². The van der Waals surface area contributed by atoms with Crippen molar-refractivity contribution >= 4 is 34.3 Å².